The number of imidazole rings is 1. The number of anilines is 2. The number of hydrogen-bond donors (Lipinski definition) is 1. The van der Waals surface area contributed by atoms with Crippen molar-refractivity contribution in [3.05, 3.63) is 70.1 Å². The molecule has 0 saturated carbocycles. The van der Waals surface area contributed by atoms with Gasteiger partial charge in [-0.2, -0.15) is 0 Å². The Hall–Kier alpha value is -2.09. The number of benzene rings is 1. The molecular weight excluding hydrogens is 401 g/mol. The average molecular weight is 417 g/mol. The smallest absolute Gasteiger partial charge is 0.127 e. The molecule has 0 bridgehead atoms. The summed E-state index contributed by atoms with van der Waals surface area (Å²) in [5, 5.41) is 3.58. The van der Waals surface area contributed by atoms with Crippen LogP contribution < -0.4 is 10.2 Å². The normalized spacial score (nSPS) is 16.3. The second kappa shape index (κ2) is 5.84. The molecule has 1 aliphatic rings. The van der Waals surface area contributed by atoms with Crippen LogP contribution in [0.5, 0.6) is 0 Å². The fraction of sp³-hybridized carbons (Fsp3) is 0.176. The molecule has 6 heteroatoms. The zero-order chi connectivity index (χ0) is 15.8. The van der Waals surface area contributed by atoms with Crippen molar-refractivity contribution in [2.24, 2.45) is 0 Å². The van der Waals surface area contributed by atoms with Crippen LogP contribution >= 0.6 is 22.6 Å². The summed E-state index contributed by atoms with van der Waals surface area (Å²) < 4.78 is 3.28. The van der Waals surface area contributed by atoms with Crippen molar-refractivity contribution >= 4 is 34.0 Å². The molecule has 0 spiro atoms. The predicted molar refractivity (Wildman–Crippen MR) is 99.5 cm³/mol. The van der Waals surface area contributed by atoms with Crippen LogP contribution in [0.1, 0.15) is 17.3 Å². The van der Waals surface area contributed by atoms with Gasteiger partial charge in [0, 0.05) is 41.0 Å². The molecule has 1 aromatic carbocycles. The SMILES string of the molecule is CN1c2cc(I)ccc2NC1c1cncc(Cn2ccnc2)c1. The van der Waals surface area contributed by atoms with Crippen molar-refractivity contribution in [1.82, 2.24) is 14.5 Å². The van der Waals surface area contributed by atoms with E-state index in [1.807, 2.05) is 29.5 Å². The van der Waals surface area contributed by atoms with Gasteiger partial charge in [-0.3, -0.25) is 4.98 Å². The van der Waals surface area contributed by atoms with Crippen LogP contribution in [0, 0.1) is 3.57 Å². The molecule has 5 nitrogen and oxygen atoms in total. The molecule has 3 heterocycles. The van der Waals surface area contributed by atoms with Gasteiger partial charge in [-0.15, -0.1) is 0 Å². The molecule has 0 saturated heterocycles. The van der Waals surface area contributed by atoms with E-state index in [2.05, 4.69) is 74.1 Å². The maximum atomic E-state index is 4.42. The van der Waals surface area contributed by atoms with Gasteiger partial charge in [0.05, 0.1) is 24.2 Å². The minimum atomic E-state index is 0.110. The second-order valence-electron chi connectivity index (χ2n) is 5.68. The van der Waals surface area contributed by atoms with Gasteiger partial charge < -0.3 is 14.8 Å². The highest BCUT2D eigenvalue weighted by molar-refractivity contribution is 14.1. The van der Waals surface area contributed by atoms with Gasteiger partial charge in [0.2, 0.25) is 0 Å². The Balaban J connectivity index is 1.62. The molecule has 2 aromatic heterocycles. The van der Waals surface area contributed by atoms with Crippen LogP contribution in [-0.4, -0.2) is 21.6 Å². The number of nitrogens with one attached hydrogen (secondary N) is 1. The molecule has 3 aromatic rings. The first-order valence-corrected chi connectivity index (χ1v) is 8.47. The van der Waals surface area contributed by atoms with E-state index >= 15 is 0 Å². The third-order valence-corrected chi connectivity index (χ3v) is 4.75. The summed E-state index contributed by atoms with van der Waals surface area (Å²) in [5.41, 5.74) is 4.72. The minimum absolute atomic E-state index is 0.110. The van der Waals surface area contributed by atoms with Crippen molar-refractivity contribution in [1.29, 1.82) is 0 Å². The fourth-order valence-electron chi connectivity index (χ4n) is 2.94. The number of aromatic nitrogens is 3. The van der Waals surface area contributed by atoms with E-state index in [1.165, 1.54) is 14.8 Å². The van der Waals surface area contributed by atoms with Gasteiger partial charge in [-0.25, -0.2) is 4.98 Å². The van der Waals surface area contributed by atoms with Crippen molar-refractivity contribution in [2.75, 3.05) is 17.3 Å². The Labute approximate surface area is 148 Å². The van der Waals surface area contributed by atoms with Gasteiger partial charge in [0.15, 0.2) is 0 Å². The lowest BCUT2D eigenvalue weighted by molar-refractivity contribution is 0.764. The summed E-state index contributed by atoms with van der Waals surface area (Å²) in [6, 6.07) is 8.66. The minimum Gasteiger partial charge on any atom is -0.360 e. The van der Waals surface area contributed by atoms with E-state index in [-0.39, 0.29) is 6.17 Å². The Morgan fingerprint density at radius 1 is 1.22 bits per heavy atom. The van der Waals surface area contributed by atoms with Crippen LogP contribution in [0.2, 0.25) is 0 Å². The summed E-state index contributed by atoms with van der Waals surface area (Å²) in [5.74, 6) is 0. The molecule has 0 radical (unpaired) electrons. The average Bonchev–Trinajstić information content (AvgIpc) is 3.16. The third-order valence-electron chi connectivity index (χ3n) is 4.08. The molecule has 116 valence electrons. The van der Waals surface area contributed by atoms with E-state index in [0.717, 1.165) is 17.8 Å². The summed E-state index contributed by atoms with van der Waals surface area (Å²) >= 11 is 2.35. The number of pyridine rings is 1. The molecular formula is C17H16IN5. The first-order chi connectivity index (χ1) is 11.2. The quantitative estimate of drug-likeness (QED) is 0.663. The largest absolute Gasteiger partial charge is 0.360 e. The summed E-state index contributed by atoms with van der Waals surface area (Å²) in [4.78, 5) is 10.8. The zero-order valence-corrected chi connectivity index (χ0v) is 14.8. The zero-order valence-electron chi connectivity index (χ0n) is 12.6. The second-order valence-corrected chi connectivity index (χ2v) is 6.93. The first kappa shape index (κ1) is 14.5. The summed E-state index contributed by atoms with van der Waals surface area (Å²) in [6.07, 6.45) is 9.53. The first-order valence-electron chi connectivity index (χ1n) is 7.39. The number of nitrogens with zero attached hydrogens (tertiary/aromatic N) is 4. The highest BCUT2D eigenvalue weighted by Crippen LogP contribution is 2.40. The van der Waals surface area contributed by atoms with E-state index in [0.29, 0.717) is 0 Å². The molecule has 0 amide bonds. The Bertz CT molecular complexity index is 831. The standard InChI is InChI=1S/C17H16IN5/c1-22-16-7-14(18)2-3-15(16)21-17(22)13-6-12(8-20-9-13)10-23-5-4-19-11-23/h2-9,11,17,21H,10H2,1H3. The Morgan fingerprint density at radius 2 is 2.13 bits per heavy atom. The summed E-state index contributed by atoms with van der Waals surface area (Å²) in [7, 11) is 2.11. The molecule has 0 aliphatic carbocycles. The van der Waals surface area contributed by atoms with Crippen LogP contribution in [0.4, 0.5) is 11.4 Å². The molecule has 1 unspecified atom stereocenters. The fourth-order valence-corrected chi connectivity index (χ4v) is 3.42. The van der Waals surface area contributed by atoms with E-state index in [1.54, 1.807) is 6.20 Å². The number of hydrogen-bond acceptors (Lipinski definition) is 4. The monoisotopic (exact) mass is 417 g/mol. The van der Waals surface area contributed by atoms with Gasteiger partial charge >= 0.3 is 0 Å². The van der Waals surface area contributed by atoms with E-state index < -0.39 is 0 Å². The molecule has 1 N–H and O–H groups in total. The third kappa shape index (κ3) is 2.78. The van der Waals surface area contributed by atoms with Gasteiger partial charge in [0.25, 0.3) is 0 Å². The predicted octanol–water partition coefficient (Wildman–Crippen LogP) is 3.49. The van der Waals surface area contributed by atoms with Crippen LogP contribution in [0.15, 0.2) is 55.4 Å². The lowest BCUT2D eigenvalue weighted by Crippen LogP contribution is -2.23. The lowest BCUT2D eigenvalue weighted by atomic mass is 10.1. The maximum Gasteiger partial charge on any atom is 0.127 e. The topological polar surface area (TPSA) is 46.0 Å². The Morgan fingerprint density at radius 3 is 2.96 bits per heavy atom. The summed E-state index contributed by atoms with van der Waals surface area (Å²) in [6.45, 7) is 0.780. The molecule has 1 atom stereocenters. The maximum absolute atomic E-state index is 4.42. The van der Waals surface area contributed by atoms with Crippen molar-refractivity contribution in [2.45, 2.75) is 12.7 Å². The van der Waals surface area contributed by atoms with Gasteiger partial charge in [-0.05, 0) is 52.4 Å². The van der Waals surface area contributed by atoms with Crippen molar-refractivity contribution in [3.63, 3.8) is 0 Å². The van der Waals surface area contributed by atoms with E-state index in [9.17, 15) is 0 Å². The molecule has 0 fully saturated rings. The van der Waals surface area contributed by atoms with Gasteiger partial charge in [-0.1, -0.05) is 0 Å². The van der Waals surface area contributed by atoms with Gasteiger partial charge in [0.1, 0.15) is 6.17 Å². The molecule has 4 rings (SSSR count). The number of rotatable bonds is 3. The van der Waals surface area contributed by atoms with Crippen molar-refractivity contribution in [3.8, 4) is 0 Å². The van der Waals surface area contributed by atoms with Crippen LogP contribution in [0.3, 0.4) is 0 Å². The van der Waals surface area contributed by atoms with Crippen LogP contribution in [-0.2, 0) is 6.54 Å². The number of halogens is 1. The highest BCUT2D eigenvalue weighted by atomic mass is 127. The van der Waals surface area contributed by atoms with E-state index in [4.69, 9.17) is 0 Å². The lowest BCUT2D eigenvalue weighted by Gasteiger charge is -2.22. The Kier molecular flexibility index (Phi) is 3.68. The van der Waals surface area contributed by atoms with Crippen molar-refractivity contribution < 1.29 is 0 Å². The number of fused-ring (bicyclic) bond motifs is 1. The van der Waals surface area contributed by atoms with Crippen LogP contribution in [0.25, 0.3) is 0 Å². The molecule has 1 aliphatic heterocycles. The highest BCUT2D eigenvalue weighted by Gasteiger charge is 2.27. The molecule has 23 heavy (non-hydrogen) atoms.